The third-order valence-corrected chi connectivity index (χ3v) is 4.27. The number of para-hydroxylation sites is 1. The van der Waals surface area contributed by atoms with Crippen molar-refractivity contribution in [2.24, 2.45) is 0 Å². The minimum atomic E-state index is -0.523. The average molecular weight is 347 g/mol. The zero-order chi connectivity index (χ0) is 18.3. The van der Waals surface area contributed by atoms with Crippen molar-refractivity contribution in [2.75, 3.05) is 12.8 Å². The van der Waals surface area contributed by atoms with E-state index in [0.29, 0.717) is 22.5 Å². The zero-order valence-electron chi connectivity index (χ0n) is 13.9. The lowest BCUT2D eigenvalue weighted by Gasteiger charge is -2.07. The maximum Gasteiger partial charge on any atom is 0.222 e. The summed E-state index contributed by atoms with van der Waals surface area (Å²) in [7, 11) is 1.57. The molecule has 26 heavy (non-hydrogen) atoms. The van der Waals surface area contributed by atoms with E-state index in [2.05, 4.69) is 10.1 Å². The number of rotatable bonds is 3. The lowest BCUT2D eigenvalue weighted by atomic mass is 10.1. The molecule has 6 nitrogen and oxygen atoms in total. The van der Waals surface area contributed by atoms with E-state index in [-0.39, 0.29) is 17.9 Å². The topological polar surface area (TPSA) is 89.2 Å². The Labute approximate surface area is 148 Å². The quantitative estimate of drug-likeness (QED) is 0.615. The Morgan fingerprint density at radius 1 is 1.27 bits per heavy atom. The molecule has 0 aliphatic carbocycles. The molecule has 0 unspecified atom stereocenters. The molecule has 0 radical (unpaired) electrons. The molecule has 7 heteroatoms. The summed E-state index contributed by atoms with van der Waals surface area (Å²) in [5.41, 5.74) is 8.50. The van der Waals surface area contributed by atoms with Crippen LogP contribution in [0.25, 0.3) is 16.4 Å². The highest BCUT2D eigenvalue weighted by Gasteiger charge is 2.15. The van der Waals surface area contributed by atoms with Gasteiger partial charge in [0.15, 0.2) is 0 Å². The summed E-state index contributed by atoms with van der Waals surface area (Å²) in [5.74, 6) is 0.311. The van der Waals surface area contributed by atoms with Crippen LogP contribution in [-0.2, 0) is 6.42 Å². The molecule has 2 heterocycles. The van der Waals surface area contributed by atoms with Crippen LogP contribution in [0.1, 0.15) is 16.8 Å². The molecule has 0 atom stereocenters. The molecule has 0 fully saturated rings. The summed E-state index contributed by atoms with van der Waals surface area (Å²) >= 11 is 0. The van der Waals surface area contributed by atoms with Crippen molar-refractivity contribution < 1.29 is 9.13 Å². The summed E-state index contributed by atoms with van der Waals surface area (Å²) in [6.45, 7) is 0. The second-order valence-electron chi connectivity index (χ2n) is 5.83. The number of hydrogen-bond acceptors (Lipinski definition) is 5. The summed E-state index contributed by atoms with van der Waals surface area (Å²) < 4.78 is 21.2. The van der Waals surface area contributed by atoms with Crippen LogP contribution in [0.5, 0.6) is 5.75 Å². The van der Waals surface area contributed by atoms with Gasteiger partial charge >= 0.3 is 0 Å². The van der Waals surface area contributed by atoms with E-state index < -0.39 is 5.82 Å². The van der Waals surface area contributed by atoms with Crippen molar-refractivity contribution in [3.05, 3.63) is 65.1 Å². The summed E-state index contributed by atoms with van der Waals surface area (Å²) in [4.78, 5) is 4.38. The average Bonchev–Trinajstić information content (AvgIpc) is 3.08. The number of nitrogens with two attached hydrogens (primary N) is 1. The van der Waals surface area contributed by atoms with Gasteiger partial charge in [-0.1, -0.05) is 24.3 Å². The Kier molecular flexibility index (Phi) is 3.66. The lowest BCUT2D eigenvalue weighted by molar-refractivity contribution is 0.419. The largest absolute Gasteiger partial charge is 0.494 e. The highest BCUT2D eigenvalue weighted by molar-refractivity contribution is 5.97. The van der Waals surface area contributed by atoms with E-state index in [9.17, 15) is 4.39 Å². The molecule has 2 aromatic carbocycles. The van der Waals surface area contributed by atoms with Crippen LogP contribution in [-0.4, -0.2) is 21.7 Å². The standard InChI is InChI=1S/C19H14FN5O/c1-26-16-7-3-6-14-15-9-13(24-25(15)19(22)23-18(14)16)8-11-4-2-5-12(10-21)17(11)20/h2-7,9H,8H2,1H3,(H2,22,23). The highest BCUT2D eigenvalue weighted by Crippen LogP contribution is 2.29. The maximum atomic E-state index is 14.3. The SMILES string of the molecule is COc1cccc2c1nc(N)n1nc(Cc3cccc(C#N)c3F)cc21. The number of hydrogen-bond donors (Lipinski definition) is 1. The number of nitrogen functional groups attached to an aromatic ring is 1. The summed E-state index contributed by atoms with van der Waals surface area (Å²) in [6.07, 6.45) is 0.244. The van der Waals surface area contributed by atoms with E-state index in [1.165, 1.54) is 10.6 Å². The summed E-state index contributed by atoms with van der Waals surface area (Å²) in [5, 5.41) is 14.3. The molecule has 128 valence electrons. The fourth-order valence-electron chi connectivity index (χ4n) is 3.05. The van der Waals surface area contributed by atoms with Gasteiger partial charge in [-0.25, -0.2) is 9.37 Å². The first-order chi connectivity index (χ1) is 12.6. The maximum absolute atomic E-state index is 14.3. The minimum absolute atomic E-state index is 0.0163. The van der Waals surface area contributed by atoms with Gasteiger partial charge in [0.25, 0.3) is 0 Å². The molecule has 0 saturated heterocycles. The first-order valence-corrected chi connectivity index (χ1v) is 7.90. The van der Waals surface area contributed by atoms with Crippen molar-refractivity contribution >= 4 is 22.4 Å². The van der Waals surface area contributed by atoms with E-state index in [0.717, 1.165) is 10.9 Å². The Morgan fingerprint density at radius 2 is 2.08 bits per heavy atom. The van der Waals surface area contributed by atoms with Crippen LogP contribution in [0.15, 0.2) is 42.5 Å². The molecule has 0 aliphatic heterocycles. The van der Waals surface area contributed by atoms with Crippen LogP contribution in [0.4, 0.5) is 10.3 Å². The van der Waals surface area contributed by atoms with Crippen LogP contribution in [0.2, 0.25) is 0 Å². The van der Waals surface area contributed by atoms with E-state index in [1.807, 2.05) is 30.3 Å². The van der Waals surface area contributed by atoms with Gasteiger partial charge in [-0.2, -0.15) is 14.9 Å². The number of benzene rings is 2. The number of nitriles is 1. The number of halogens is 1. The van der Waals surface area contributed by atoms with Gasteiger partial charge in [0.2, 0.25) is 5.95 Å². The van der Waals surface area contributed by atoms with Crippen molar-refractivity contribution in [1.29, 1.82) is 5.26 Å². The van der Waals surface area contributed by atoms with Crippen LogP contribution in [0, 0.1) is 17.1 Å². The van der Waals surface area contributed by atoms with Crippen LogP contribution < -0.4 is 10.5 Å². The first kappa shape index (κ1) is 15.8. The third kappa shape index (κ3) is 2.40. The second kappa shape index (κ2) is 6.01. The number of aromatic nitrogens is 3. The fourth-order valence-corrected chi connectivity index (χ4v) is 3.05. The van der Waals surface area contributed by atoms with Gasteiger partial charge < -0.3 is 10.5 Å². The smallest absolute Gasteiger partial charge is 0.222 e. The number of nitrogens with zero attached hydrogens (tertiary/aromatic N) is 4. The van der Waals surface area contributed by atoms with Crippen LogP contribution in [0.3, 0.4) is 0 Å². The van der Waals surface area contributed by atoms with Gasteiger partial charge in [0.05, 0.1) is 23.9 Å². The molecule has 0 amide bonds. The molecule has 2 N–H and O–H groups in total. The predicted molar refractivity (Wildman–Crippen MR) is 95.4 cm³/mol. The monoisotopic (exact) mass is 347 g/mol. The summed E-state index contributed by atoms with van der Waals surface area (Å²) in [6, 6.07) is 14.0. The molecule has 4 rings (SSSR count). The molecule has 0 aliphatic rings. The first-order valence-electron chi connectivity index (χ1n) is 7.90. The van der Waals surface area contributed by atoms with Gasteiger partial charge in [-0.05, 0) is 23.8 Å². The Morgan fingerprint density at radius 3 is 2.85 bits per heavy atom. The van der Waals surface area contributed by atoms with Crippen molar-refractivity contribution in [1.82, 2.24) is 14.6 Å². The molecule has 0 bridgehead atoms. The third-order valence-electron chi connectivity index (χ3n) is 4.27. The normalized spacial score (nSPS) is 11.0. The predicted octanol–water partition coefficient (Wildman–Crippen LogP) is 3.07. The van der Waals surface area contributed by atoms with Crippen molar-refractivity contribution in [2.45, 2.75) is 6.42 Å². The number of anilines is 1. The fraction of sp³-hybridized carbons (Fsp3) is 0.105. The lowest BCUT2D eigenvalue weighted by Crippen LogP contribution is -2.03. The molecular formula is C19H14FN5O. The molecular weight excluding hydrogens is 333 g/mol. The Bertz CT molecular complexity index is 1190. The Balaban J connectivity index is 1.88. The number of methoxy groups -OCH3 is 1. The number of fused-ring (bicyclic) bond motifs is 3. The Hall–Kier alpha value is -3.66. The van der Waals surface area contributed by atoms with Gasteiger partial charge in [0.1, 0.15) is 23.2 Å². The molecule has 2 aromatic heterocycles. The molecule has 0 spiro atoms. The van der Waals surface area contributed by atoms with Gasteiger partial charge in [0, 0.05) is 11.8 Å². The minimum Gasteiger partial charge on any atom is -0.494 e. The van der Waals surface area contributed by atoms with Crippen molar-refractivity contribution in [3.8, 4) is 11.8 Å². The highest BCUT2D eigenvalue weighted by atomic mass is 19.1. The molecule has 4 aromatic rings. The van der Waals surface area contributed by atoms with E-state index in [1.54, 1.807) is 19.2 Å². The molecule has 0 saturated carbocycles. The zero-order valence-corrected chi connectivity index (χ0v) is 13.9. The van der Waals surface area contributed by atoms with Gasteiger partial charge in [-0.15, -0.1) is 0 Å². The van der Waals surface area contributed by atoms with Crippen LogP contribution >= 0.6 is 0 Å². The second-order valence-corrected chi connectivity index (χ2v) is 5.83. The van der Waals surface area contributed by atoms with E-state index >= 15 is 0 Å². The van der Waals surface area contributed by atoms with Gasteiger partial charge in [-0.3, -0.25) is 0 Å². The van der Waals surface area contributed by atoms with E-state index in [4.69, 9.17) is 15.7 Å². The number of ether oxygens (including phenoxy) is 1. The van der Waals surface area contributed by atoms with Crippen molar-refractivity contribution in [3.63, 3.8) is 0 Å².